The van der Waals surface area contributed by atoms with Gasteiger partial charge in [-0.15, -0.1) is 18.3 Å². The minimum atomic E-state index is -4.77. The van der Waals surface area contributed by atoms with Crippen LogP contribution in [0, 0.1) is 0 Å². The van der Waals surface area contributed by atoms with Crippen LogP contribution in [-0.2, 0) is 6.18 Å². The zero-order chi connectivity index (χ0) is 27.3. The highest BCUT2D eigenvalue weighted by atomic mass is 32.1. The summed E-state index contributed by atoms with van der Waals surface area (Å²) in [5.41, 5.74) is 4.07. The summed E-state index contributed by atoms with van der Waals surface area (Å²) < 4.78 is 80.1. The average Bonchev–Trinajstić information content (AvgIpc) is 3.34. The van der Waals surface area contributed by atoms with E-state index in [1.807, 2.05) is 0 Å². The van der Waals surface area contributed by atoms with Gasteiger partial charge in [-0.3, -0.25) is 5.43 Å². The van der Waals surface area contributed by atoms with Crippen LogP contribution >= 0.6 is 12.2 Å². The van der Waals surface area contributed by atoms with Crippen molar-refractivity contribution in [3.63, 3.8) is 0 Å². The molecule has 0 saturated carbocycles. The van der Waals surface area contributed by atoms with E-state index < -0.39 is 18.1 Å². The van der Waals surface area contributed by atoms with Gasteiger partial charge < -0.3 is 10.1 Å². The SMILES string of the molecule is FC(F)(F)Oc1ccc(-n2cnc(-c3ccc(/C=N/NC(=S)Nc4ccc(C(F)(F)F)cc4)cc3)n2)cc1. The Hall–Kier alpha value is -4.46. The molecule has 4 aromatic rings. The standard InChI is InChI=1S/C24H16F6N6OS/c25-23(26,27)17-5-7-18(8-6-17)33-22(38)34-32-13-15-1-3-16(4-2-15)21-31-14-36(35-21)19-9-11-20(12-10-19)37-24(28,29)30/h1-14H,(H2,33,34,38)/b32-13+. The fraction of sp³-hybridized carbons (Fsp3) is 0.0833. The van der Waals surface area contributed by atoms with Gasteiger partial charge in [-0.1, -0.05) is 24.3 Å². The Morgan fingerprint density at radius 3 is 2.16 bits per heavy atom. The Labute approximate surface area is 216 Å². The first-order valence-corrected chi connectivity index (χ1v) is 11.0. The first-order valence-electron chi connectivity index (χ1n) is 10.6. The summed E-state index contributed by atoms with van der Waals surface area (Å²) in [6.07, 6.45) is -6.27. The number of hydrogen-bond acceptors (Lipinski definition) is 5. The van der Waals surface area contributed by atoms with E-state index in [0.717, 1.165) is 12.1 Å². The summed E-state index contributed by atoms with van der Waals surface area (Å²) in [5.74, 6) is 0.0496. The molecule has 196 valence electrons. The lowest BCUT2D eigenvalue weighted by Crippen LogP contribution is -2.23. The number of rotatable bonds is 6. The van der Waals surface area contributed by atoms with Gasteiger partial charge in [-0.2, -0.15) is 18.3 Å². The molecular weight excluding hydrogens is 534 g/mol. The Morgan fingerprint density at radius 2 is 1.55 bits per heavy atom. The fourth-order valence-corrected chi connectivity index (χ4v) is 3.28. The van der Waals surface area contributed by atoms with Crippen LogP contribution in [0.1, 0.15) is 11.1 Å². The monoisotopic (exact) mass is 550 g/mol. The number of nitrogens with one attached hydrogen (secondary N) is 2. The minimum Gasteiger partial charge on any atom is -0.406 e. The number of anilines is 1. The van der Waals surface area contributed by atoms with Crippen LogP contribution in [0.3, 0.4) is 0 Å². The Bertz CT molecular complexity index is 1420. The van der Waals surface area contributed by atoms with Gasteiger partial charge in [0.15, 0.2) is 10.9 Å². The quantitative estimate of drug-likeness (QED) is 0.129. The predicted octanol–water partition coefficient (Wildman–Crippen LogP) is 6.17. The van der Waals surface area contributed by atoms with Crippen molar-refractivity contribution >= 4 is 29.2 Å². The third-order valence-corrected chi connectivity index (χ3v) is 5.04. The van der Waals surface area contributed by atoms with Gasteiger partial charge in [0.25, 0.3) is 0 Å². The van der Waals surface area contributed by atoms with E-state index in [0.29, 0.717) is 28.3 Å². The largest absolute Gasteiger partial charge is 0.573 e. The van der Waals surface area contributed by atoms with E-state index in [1.165, 1.54) is 53.6 Å². The molecule has 0 amide bonds. The van der Waals surface area contributed by atoms with Crippen LogP contribution in [-0.4, -0.2) is 32.5 Å². The van der Waals surface area contributed by atoms with Crippen LogP contribution in [0.5, 0.6) is 5.75 Å². The van der Waals surface area contributed by atoms with Crippen molar-refractivity contribution in [1.29, 1.82) is 0 Å². The van der Waals surface area contributed by atoms with E-state index in [2.05, 4.69) is 30.7 Å². The molecule has 38 heavy (non-hydrogen) atoms. The minimum absolute atomic E-state index is 0.0883. The number of ether oxygens (including phenoxy) is 1. The topological polar surface area (TPSA) is 76.4 Å². The predicted molar refractivity (Wildman–Crippen MR) is 132 cm³/mol. The highest BCUT2D eigenvalue weighted by Crippen LogP contribution is 2.30. The Morgan fingerprint density at radius 1 is 0.895 bits per heavy atom. The fourth-order valence-electron chi connectivity index (χ4n) is 3.11. The molecule has 14 heteroatoms. The van der Waals surface area contributed by atoms with Crippen molar-refractivity contribution in [1.82, 2.24) is 20.2 Å². The number of benzene rings is 3. The molecule has 3 aromatic carbocycles. The van der Waals surface area contributed by atoms with Crippen LogP contribution in [0.25, 0.3) is 17.1 Å². The summed E-state index contributed by atoms with van der Waals surface area (Å²) >= 11 is 5.08. The van der Waals surface area contributed by atoms with Gasteiger partial charge in [-0.05, 0) is 66.3 Å². The molecule has 1 aromatic heterocycles. The molecule has 0 aliphatic carbocycles. The lowest BCUT2D eigenvalue weighted by atomic mass is 10.1. The zero-order valence-corrected chi connectivity index (χ0v) is 19.8. The maximum absolute atomic E-state index is 12.6. The molecule has 0 spiro atoms. The second-order valence-corrected chi connectivity index (χ2v) is 7.98. The molecule has 7 nitrogen and oxygen atoms in total. The van der Waals surface area contributed by atoms with Crippen molar-refractivity contribution < 1.29 is 31.1 Å². The number of thiocarbonyl (C=S) groups is 1. The van der Waals surface area contributed by atoms with Crippen LogP contribution in [0.15, 0.2) is 84.2 Å². The summed E-state index contributed by atoms with van der Waals surface area (Å²) in [7, 11) is 0. The van der Waals surface area contributed by atoms with Crippen LogP contribution < -0.4 is 15.5 Å². The van der Waals surface area contributed by atoms with Gasteiger partial charge in [0.2, 0.25) is 0 Å². The first-order chi connectivity index (χ1) is 18.0. The van der Waals surface area contributed by atoms with Crippen molar-refractivity contribution in [3.05, 3.63) is 90.3 Å². The third kappa shape index (κ3) is 7.29. The molecule has 0 aliphatic rings. The third-order valence-electron chi connectivity index (χ3n) is 4.85. The van der Waals surface area contributed by atoms with E-state index >= 15 is 0 Å². The molecule has 0 unspecified atom stereocenters. The normalized spacial score (nSPS) is 11.9. The number of nitrogens with zero attached hydrogens (tertiary/aromatic N) is 4. The van der Waals surface area contributed by atoms with Gasteiger partial charge in [0.05, 0.1) is 17.5 Å². The molecule has 0 saturated heterocycles. The summed E-state index contributed by atoms with van der Waals surface area (Å²) in [6, 6.07) is 16.6. The van der Waals surface area contributed by atoms with Crippen LogP contribution in [0.4, 0.5) is 32.0 Å². The molecule has 0 atom stereocenters. The molecule has 1 heterocycles. The number of halogens is 6. The van der Waals surface area contributed by atoms with Gasteiger partial charge in [0, 0.05) is 11.3 Å². The summed E-state index contributed by atoms with van der Waals surface area (Å²) in [5, 5.41) is 11.2. The molecule has 2 N–H and O–H groups in total. The number of alkyl halides is 6. The maximum atomic E-state index is 12.6. The van der Waals surface area contributed by atoms with Gasteiger partial charge in [0.1, 0.15) is 12.1 Å². The molecule has 0 bridgehead atoms. The smallest absolute Gasteiger partial charge is 0.406 e. The van der Waals surface area contributed by atoms with E-state index in [4.69, 9.17) is 12.2 Å². The van der Waals surface area contributed by atoms with Gasteiger partial charge in [-0.25, -0.2) is 9.67 Å². The average molecular weight is 550 g/mol. The van der Waals surface area contributed by atoms with Gasteiger partial charge >= 0.3 is 12.5 Å². The van der Waals surface area contributed by atoms with E-state index in [9.17, 15) is 26.3 Å². The Kier molecular flexibility index (Phi) is 7.62. The Balaban J connectivity index is 1.32. The van der Waals surface area contributed by atoms with Crippen molar-refractivity contribution in [2.24, 2.45) is 5.10 Å². The number of hydrazone groups is 1. The van der Waals surface area contributed by atoms with Crippen molar-refractivity contribution in [2.45, 2.75) is 12.5 Å². The molecule has 0 aliphatic heterocycles. The maximum Gasteiger partial charge on any atom is 0.573 e. The molecular formula is C24H16F6N6OS. The van der Waals surface area contributed by atoms with E-state index in [-0.39, 0.29) is 10.9 Å². The second-order valence-electron chi connectivity index (χ2n) is 7.58. The number of aromatic nitrogens is 3. The molecule has 4 rings (SSSR count). The van der Waals surface area contributed by atoms with E-state index in [1.54, 1.807) is 24.3 Å². The molecule has 0 radical (unpaired) electrons. The second kappa shape index (κ2) is 10.9. The van der Waals surface area contributed by atoms with Crippen LogP contribution in [0.2, 0.25) is 0 Å². The highest BCUT2D eigenvalue weighted by Gasteiger charge is 2.31. The number of hydrogen-bond donors (Lipinski definition) is 2. The highest BCUT2D eigenvalue weighted by molar-refractivity contribution is 7.80. The first kappa shape index (κ1) is 26.6. The molecule has 0 fully saturated rings. The zero-order valence-electron chi connectivity index (χ0n) is 19.0. The van der Waals surface area contributed by atoms with Crippen molar-refractivity contribution in [2.75, 3.05) is 5.32 Å². The summed E-state index contributed by atoms with van der Waals surface area (Å²) in [4.78, 5) is 4.23. The lowest BCUT2D eigenvalue weighted by Gasteiger charge is -2.09. The van der Waals surface area contributed by atoms with Crippen molar-refractivity contribution in [3.8, 4) is 22.8 Å². The summed E-state index contributed by atoms with van der Waals surface area (Å²) in [6.45, 7) is 0. The lowest BCUT2D eigenvalue weighted by molar-refractivity contribution is -0.274.